The maximum absolute atomic E-state index is 7.08. The monoisotopic (exact) mass is 757 g/mol. The number of nitrogens with two attached hydrogens (primary N) is 1. The molecule has 10 rings (SSSR count). The second kappa shape index (κ2) is 14.9. The number of rotatable bonds is 8. The molecule has 0 unspecified atom stereocenters. The number of hydrogen-bond donors (Lipinski definition) is 1. The van der Waals surface area contributed by atoms with E-state index in [9.17, 15) is 0 Å². The Hall–Kier alpha value is -7.36. The van der Waals surface area contributed by atoms with Gasteiger partial charge in [0.15, 0.2) is 0 Å². The third-order valence-electron chi connectivity index (χ3n) is 12.0. The molecule has 9 aromatic rings. The van der Waals surface area contributed by atoms with Crippen LogP contribution >= 0.6 is 0 Å². The minimum atomic E-state index is -0.0508. The lowest BCUT2D eigenvalue weighted by Gasteiger charge is -2.21. The largest absolute Gasteiger partial charge is 0.398 e. The second-order valence-corrected chi connectivity index (χ2v) is 16.0. The highest BCUT2D eigenvalue weighted by molar-refractivity contribution is 6.14. The summed E-state index contributed by atoms with van der Waals surface area (Å²) in [6.07, 6.45) is 5.71. The van der Waals surface area contributed by atoms with Gasteiger partial charge in [0, 0.05) is 40.2 Å². The number of hydrogen-bond acceptors (Lipinski definition) is 3. The number of nitrogens with zero attached hydrogens (tertiary/aromatic N) is 2. The van der Waals surface area contributed by atoms with E-state index < -0.39 is 0 Å². The molecule has 8 aromatic carbocycles. The Balaban J connectivity index is 0.998. The number of allylic oxidation sites excluding steroid dienone is 1. The predicted molar refractivity (Wildman–Crippen MR) is 248 cm³/mol. The topological polar surface area (TPSA) is 51.3 Å². The average molecular weight is 758 g/mol. The number of aromatic nitrogens is 1. The molecule has 0 radical (unpaired) electrons. The summed E-state index contributed by atoms with van der Waals surface area (Å²) in [7, 11) is 0. The van der Waals surface area contributed by atoms with Crippen LogP contribution in [0.1, 0.15) is 41.7 Å². The summed E-state index contributed by atoms with van der Waals surface area (Å²) in [5, 5.41) is 4.85. The molecule has 0 amide bonds. The van der Waals surface area contributed by atoms with Gasteiger partial charge in [0.25, 0.3) is 0 Å². The van der Waals surface area contributed by atoms with Crippen molar-refractivity contribution in [3.05, 3.63) is 228 Å². The molecule has 1 aliphatic carbocycles. The van der Waals surface area contributed by atoms with Gasteiger partial charge in [0.05, 0.1) is 12.3 Å². The zero-order chi connectivity index (χ0) is 39.9. The van der Waals surface area contributed by atoms with E-state index in [2.05, 4.69) is 177 Å². The Morgan fingerprint density at radius 2 is 1.25 bits per heavy atom. The number of aliphatic imine (C=N–C) groups is 1. The third-order valence-corrected chi connectivity index (χ3v) is 12.0. The van der Waals surface area contributed by atoms with Crippen LogP contribution in [0.5, 0.6) is 0 Å². The molecule has 3 nitrogen and oxygen atoms in total. The first-order valence-corrected chi connectivity index (χ1v) is 20.3. The third kappa shape index (κ3) is 6.61. The van der Waals surface area contributed by atoms with Crippen LogP contribution in [0, 0.1) is 0 Å². The zero-order valence-corrected chi connectivity index (χ0v) is 33.2. The molecule has 0 atom stereocenters. The lowest BCUT2D eigenvalue weighted by molar-refractivity contribution is 0.661. The van der Waals surface area contributed by atoms with E-state index in [-0.39, 0.29) is 5.41 Å². The van der Waals surface area contributed by atoms with Crippen LogP contribution in [0.25, 0.3) is 71.7 Å². The number of benzene rings is 8. The minimum Gasteiger partial charge on any atom is -0.398 e. The highest BCUT2D eigenvalue weighted by atomic mass is 14.7. The van der Waals surface area contributed by atoms with Gasteiger partial charge < -0.3 is 5.73 Å². The Bertz CT molecular complexity index is 3080. The Labute approximate surface area is 345 Å². The SMILES string of the molecule is CC1(C)c2ccc(-c3ccc(-c4ccc(/C(N)=C/C(=NCc5ccccc5)c5cccc(-c6cccnc6)c5)c5ccccc45)cc3)cc2-c2c1ccc1ccccc21. The highest BCUT2D eigenvalue weighted by Crippen LogP contribution is 2.52. The van der Waals surface area contributed by atoms with E-state index >= 15 is 0 Å². The molecular weight excluding hydrogens is 715 g/mol. The van der Waals surface area contributed by atoms with Crippen molar-refractivity contribution in [3.63, 3.8) is 0 Å². The van der Waals surface area contributed by atoms with E-state index in [1.54, 1.807) is 6.20 Å². The van der Waals surface area contributed by atoms with Crippen LogP contribution in [-0.2, 0) is 12.0 Å². The average Bonchev–Trinajstić information content (AvgIpc) is 3.53. The summed E-state index contributed by atoms with van der Waals surface area (Å²) in [5.74, 6) is 0. The van der Waals surface area contributed by atoms with Crippen molar-refractivity contribution in [1.82, 2.24) is 4.98 Å². The maximum atomic E-state index is 7.08. The van der Waals surface area contributed by atoms with E-state index in [1.165, 1.54) is 49.7 Å². The van der Waals surface area contributed by atoms with Gasteiger partial charge in [-0.2, -0.15) is 0 Å². The quantitative estimate of drug-likeness (QED) is 0.157. The Morgan fingerprint density at radius 1 is 0.559 bits per heavy atom. The molecule has 0 spiro atoms. The van der Waals surface area contributed by atoms with Gasteiger partial charge in [-0.1, -0.05) is 178 Å². The minimum absolute atomic E-state index is 0.0508. The van der Waals surface area contributed by atoms with E-state index in [0.717, 1.165) is 49.9 Å². The van der Waals surface area contributed by atoms with E-state index in [4.69, 9.17) is 10.7 Å². The van der Waals surface area contributed by atoms with Gasteiger partial charge in [0.1, 0.15) is 0 Å². The molecule has 282 valence electrons. The summed E-state index contributed by atoms with van der Waals surface area (Å²) >= 11 is 0. The predicted octanol–water partition coefficient (Wildman–Crippen LogP) is 13.7. The summed E-state index contributed by atoms with van der Waals surface area (Å²) < 4.78 is 0. The smallest absolute Gasteiger partial charge is 0.0671 e. The van der Waals surface area contributed by atoms with Crippen LogP contribution in [0.3, 0.4) is 0 Å². The van der Waals surface area contributed by atoms with Crippen LogP contribution in [-0.4, -0.2) is 10.7 Å². The van der Waals surface area contributed by atoms with Gasteiger partial charge in [-0.05, 0) is 101 Å². The molecule has 0 fully saturated rings. The summed E-state index contributed by atoms with van der Waals surface area (Å²) in [4.78, 5) is 9.48. The fraction of sp³-hybridized carbons (Fsp3) is 0.0714. The Morgan fingerprint density at radius 3 is 2.07 bits per heavy atom. The molecule has 59 heavy (non-hydrogen) atoms. The molecule has 1 aromatic heterocycles. The first-order chi connectivity index (χ1) is 28.9. The molecule has 0 aliphatic heterocycles. The number of fused-ring (bicyclic) bond motifs is 6. The van der Waals surface area contributed by atoms with Crippen molar-refractivity contribution in [3.8, 4) is 44.5 Å². The second-order valence-electron chi connectivity index (χ2n) is 16.0. The summed E-state index contributed by atoms with van der Waals surface area (Å²) in [6, 6.07) is 65.1. The van der Waals surface area contributed by atoms with E-state index in [1.807, 2.05) is 36.5 Å². The van der Waals surface area contributed by atoms with Crippen molar-refractivity contribution in [2.24, 2.45) is 10.7 Å². The van der Waals surface area contributed by atoms with Crippen molar-refractivity contribution < 1.29 is 0 Å². The van der Waals surface area contributed by atoms with Crippen molar-refractivity contribution >= 4 is 33.0 Å². The molecule has 1 aliphatic rings. The molecule has 0 saturated carbocycles. The van der Waals surface area contributed by atoms with Gasteiger partial charge in [-0.25, -0.2) is 0 Å². The van der Waals surface area contributed by atoms with Gasteiger partial charge >= 0.3 is 0 Å². The first-order valence-electron chi connectivity index (χ1n) is 20.3. The fourth-order valence-electron chi connectivity index (χ4n) is 8.94. The summed E-state index contributed by atoms with van der Waals surface area (Å²) in [5.41, 5.74) is 24.0. The zero-order valence-electron chi connectivity index (χ0n) is 33.2. The molecule has 0 saturated heterocycles. The lowest BCUT2D eigenvalue weighted by atomic mass is 9.82. The van der Waals surface area contributed by atoms with Crippen LogP contribution in [0.4, 0.5) is 0 Å². The van der Waals surface area contributed by atoms with Gasteiger partial charge in [0.2, 0.25) is 0 Å². The summed E-state index contributed by atoms with van der Waals surface area (Å²) in [6.45, 7) is 5.24. The normalized spacial score (nSPS) is 13.4. The molecule has 2 N–H and O–H groups in total. The van der Waals surface area contributed by atoms with Crippen molar-refractivity contribution in [2.75, 3.05) is 0 Å². The maximum Gasteiger partial charge on any atom is 0.0671 e. The molecular formula is C56H43N3. The van der Waals surface area contributed by atoms with Gasteiger partial charge in [-0.3, -0.25) is 9.98 Å². The standard InChI is InChI=1S/C56H43N3/c1-56(2)51-29-26-42(33-50(51)55-46-18-7-6-14-39(46)25-30-52(55)56)38-21-23-40(24-22-38)45-27-28-49(48-20-9-8-19-47(45)48)53(57)34-54(59-35-37-12-4-3-5-13-37)43-16-10-15-41(32-43)44-17-11-31-58-36-44/h3-34,36H,35,57H2,1-2H3/b53-34-,59-54?. The van der Waals surface area contributed by atoms with Crippen molar-refractivity contribution in [1.29, 1.82) is 0 Å². The highest BCUT2D eigenvalue weighted by Gasteiger charge is 2.36. The van der Waals surface area contributed by atoms with Gasteiger partial charge in [-0.15, -0.1) is 0 Å². The van der Waals surface area contributed by atoms with Crippen molar-refractivity contribution in [2.45, 2.75) is 25.8 Å². The van der Waals surface area contributed by atoms with E-state index in [0.29, 0.717) is 12.2 Å². The fourth-order valence-corrected chi connectivity index (χ4v) is 8.94. The lowest BCUT2D eigenvalue weighted by Crippen LogP contribution is -2.14. The number of pyridine rings is 1. The van der Waals surface area contributed by atoms with Crippen LogP contribution < -0.4 is 5.73 Å². The Kier molecular flexibility index (Phi) is 9.07. The van der Waals surface area contributed by atoms with Crippen LogP contribution in [0.2, 0.25) is 0 Å². The van der Waals surface area contributed by atoms with Crippen LogP contribution in [0.15, 0.2) is 205 Å². The molecule has 0 bridgehead atoms. The molecule has 3 heteroatoms. The first kappa shape index (κ1) is 36.0. The molecule has 1 heterocycles.